The van der Waals surface area contributed by atoms with Gasteiger partial charge >= 0.3 is 0 Å². The maximum absolute atomic E-state index is 14.7. The number of morpholine rings is 1. The average molecular weight is 398 g/mol. The normalized spacial score (nSPS) is 18.9. The zero-order valence-corrected chi connectivity index (χ0v) is 17.4. The van der Waals surface area contributed by atoms with Gasteiger partial charge in [-0.25, -0.2) is 4.39 Å². The summed E-state index contributed by atoms with van der Waals surface area (Å²) in [7, 11) is 0. The van der Waals surface area contributed by atoms with Gasteiger partial charge in [0.2, 0.25) is 0 Å². The van der Waals surface area contributed by atoms with Gasteiger partial charge in [0, 0.05) is 56.6 Å². The summed E-state index contributed by atoms with van der Waals surface area (Å²) in [5, 5.41) is 3.57. The van der Waals surface area contributed by atoms with Gasteiger partial charge in [0.25, 0.3) is 0 Å². The molecular formula is C24H32FN3O. The van der Waals surface area contributed by atoms with Gasteiger partial charge in [-0.1, -0.05) is 35.9 Å². The van der Waals surface area contributed by atoms with Crippen LogP contribution in [0.2, 0.25) is 0 Å². The predicted molar refractivity (Wildman–Crippen MR) is 116 cm³/mol. The molecule has 0 spiro atoms. The SMILES string of the molecule is Cc1ccc(C(CNCc2c(F)cccc2N2CCCC2)N2CCOCC2)cc1. The molecule has 0 amide bonds. The highest BCUT2D eigenvalue weighted by atomic mass is 19.1. The first-order valence-electron chi connectivity index (χ1n) is 10.8. The fourth-order valence-electron chi connectivity index (χ4n) is 4.45. The fraction of sp³-hybridized carbons (Fsp3) is 0.500. The van der Waals surface area contributed by atoms with Crippen molar-refractivity contribution >= 4 is 5.69 Å². The number of hydrogen-bond acceptors (Lipinski definition) is 4. The highest BCUT2D eigenvalue weighted by Crippen LogP contribution is 2.27. The topological polar surface area (TPSA) is 27.7 Å². The maximum atomic E-state index is 14.7. The molecule has 2 fully saturated rings. The van der Waals surface area contributed by atoms with E-state index in [-0.39, 0.29) is 11.9 Å². The molecule has 4 rings (SSSR count). The van der Waals surface area contributed by atoms with Gasteiger partial charge in [-0.3, -0.25) is 4.90 Å². The quantitative estimate of drug-likeness (QED) is 0.767. The molecule has 2 aliphatic rings. The summed E-state index contributed by atoms with van der Waals surface area (Å²) in [5.41, 5.74) is 4.41. The average Bonchev–Trinajstić information content (AvgIpc) is 3.28. The third-order valence-electron chi connectivity index (χ3n) is 6.13. The zero-order chi connectivity index (χ0) is 20.1. The Morgan fingerprint density at radius 3 is 2.45 bits per heavy atom. The molecular weight excluding hydrogens is 365 g/mol. The van der Waals surface area contributed by atoms with Crippen molar-refractivity contribution in [3.8, 4) is 0 Å². The van der Waals surface area contributed by atoms with Crippen molar-refractivity contribution in [2.45, 2.75) is 32.4 Å². The van der Waals surface area contributed by atoms with E-state index >= 15 is 0 Å². The third-order valence-corrected chi connectivity index (χ3v) is 6.13. The Morgan fingerprint density at radius 1 is 1.00 bits per heavy atom. The lowest BCUT2D eigenvalue weighted by Gasteiger charge is -2.35. The van der Waals surface area contributed by atoms with Crippen molar-refractivity contribution in [1.82, 2.24) is 10.2 Å². The Bertz CT molecular complexity index is 783. The van der Waals surface area contributed by atoms with Gasteiger partial charge in [0.05, 0.1) is 13.2 Å². The molecule has 156 valence electrons. The van der Waals surface area contributed by atoms with Crippen LogP contribution < -0.4 is 10.2 Å². The maximum Gasteiger partial charge on any atom is 0.129 e. The van der Waals surface area contributed by atoms with E-state index in [1.54, 1.807) is 6.07 Å². The van der Waals surface area contributed by atoms with E-state index in [1.165, 1.54) is 24.0 Å². The van der Waals surface area contributed by atoms with Crippen LogP contribution in [0.4, 0.5) is 10.1 Å². The van der Waals surface area contributed by atoms with Crippen molar-refractivity contribution in [2.24, 2.45) is 0 Å². The summed E-state index contributed by atoms with van der Waals surface area (Å²) in [6, 6.07) is 14.5. The van der Waals surface area contributed by atoms with Crippen molar-refractivity contribution in [3.63, 3.8) is 0 Å². The monoisotopic (exact) mass is 397 g/mol. The van der Waals surface area contributed by atoms with Gasteiger partial charge < -0.3 is 15.0 Å². The highest BCUT2D eigenvalue weighted by Gasteiger charge is 2.23. The first kappa shape index (κ1) is 20.3. The second-order valence-corrected chi connectivity index (χ2v) is 8.14. The Hall–Kier alpha value is -1.95. The van der Waals surface area contributed by atoms with Gasteiger partial charge in [0.15, 0.2) is 0 Å². The Balaban J connectivity index is 1.47. The first-order chi connectivity index (χ1) is 14.2. The molecule has 29 heavy (non-hydrogen) atoms. The van der Waals surface area contributed by atoms with E-state index in [0.29, 0.717) is 6.54 Å². The molecule has 0 aliphatic carbocycles. The van der Waals surface area contributed by atoms with E-state index in [0.717, 1.165) is 57.2 Å². The molecule has 4 nitrogen and oxygen atoms in total. The lowest BCUT2D eigenvalue weighted by molar-refractivity contribution is 0.0161. The van der Waals surface area contributed by atoms with E-state index in [1.807, 2.05) is 6.07 Å². The third kappa shape index (κ3) is 4.97. The molecule has 1 atom stereocenters. The number of nitrogens with one attached hydrogen (secondary N) is 1. The van der Waals surface area contributed by atoms with Crippen LogP contribution in [0.3, 0.4) is 0 Å². The van der Waals surface area contributed by atoms with Crippen LogP contribution in [0.5, 0.6) is 0 Å². The molecule has 2 saturated heterocycles. The van der Waals surface area contributed by atoms with Crippen LogP contribution in [0.25, 0.3) is 0 Å². The lowest BCUT2D eigenvalue weighted by Crippen LogP contribution is -2.42. The van der Waals surface area contributed by atoms with Gasteiger partial charge in [-0.05, 0) is 37.5 Å². The van der Waals surface area contributed by atoms with Crippen LogP contribution in [0, 0.1) is 12.7 Å². The summed E-state index contributed by atoms with van der Waals surface area (Å²) >= 11 is 0. The second-order valence-electron chi connectivity index (χ2n) is 8.14. The van der Waals surface area contributed by atoms with Gasteiger partial charge in [-0.15, -0.1) is 0 Å². The Kier molecular flexibility index (Phi) is 6.80. The number of aryl methyl sites for hydroxylation is 1. The lowest BCUT2D eigenvalue weighted by atomic mass is 10.0. The molecule has 2 heterocycles. The molecule has 2 aromatic rings. The number of anilines is 1. The van der Waals surface area contributed by atoms with Gasteiger partial charge in [-0.2, -0.15) is 0 Å². The van der Waals surface area contributed by atoms with Crippen molar-refractivity contribution in [3.05, 3.63) is 65.0 Å². The minimum Gasteiger partial charge on any atom is -0.379 e. The minimum atomic E-state index is -0.111. The summed E-state index contributed by atoms with van der Waals surface area (Å²) in [6.07, 6.45) is 2.38. The molecule has 2 aliphatic heterocycles. The van der Waals surface area contributed by atoms with Crippen molar-refractivity contribution in [1.29, 1.82) is 0 Å². The van der Waals surface area contributed by atoms with Crippen LogP contribution in [0.1, 0.15) is 35.6 Å². The van der Waals surface area contributed by atoms with E-state index in [9.17, 15) is 4.39 Å². The molecule has 0 bridgehead atoms. The standard InChI is InChI=1S/C24H32FN3O/c1-19-7-9-20(10-8-19)24(28-13-15-29-16-14-28)18-26-17-21-22(25)5-4-6-23(21)27-11-2-3-12-27/h4-10,24,26H,2-3,11-18H2,1H3. The molecule has 0 saturated carbocycles. The van der Waals surface area contributed by atoms with E-state index < -0.39 is 0 Å². The molecule has 1 unspecified atom stereocenters. The molecule has 5 heteroatoms. The molecule has 2 aromatic carbocycles. The fourth-order valence-corrected chi connectivity index (χ4v) is 4.45. The number of halogens is 1. The van der Waals surface area contributed by atoms with E-state index in [4.69, 9.17) is 4.74 Å². The summed E-state index contributed by atoms with van der Waals surface area (Å²) in [6.45, 7) is 8.90. The highest BCUT2D eigenvalue weighted by molar-refractivity contribution is 5.54. The Morgan fingerprint density at radius 2 is 1.72 bits per heavy atom. The number of nitrogens with zero attached hydrogens (tertiary/aromatic N) is 2. The van der Waals surface area contributed by atoms with Crippen LogP contribution in [-0.2, 0) is 11.3 Å². The number of hydrogen-bond donors (Lipinski definition) is 1. The van der Waals surface area contributed by atoms with Crippen molar-refractivity contribution < 1.29 is 9.13 Å². The number of benzene rings is 2. The number of rotatable bonds is 7. The van der Waals surface area contributed by atoms with Gasteiger partial charge in [0.1, 0.15) is 5.82 Å². The second kappa shape index (κ2) is 9.70. The largest absolute Gasteiger partial charge is 0.379 e. The molecule has 0 aromatic heterocycles. The smallest absolute Gasteiger partial charge is 0.129 e. The minimum absolute atomic E-state index is 0.111. The Labute approximate surface area is 173 Å². The predicted octanol–water partition coefficient (Wildman–Crippen LogP) is 3.90. The summed E-state index contributed by atoms with van der Waals surface area (Å²) in [4.78, 5) is 4.80. The van der Waals surface area contributed by atoms with E-state index in [2.05, 4.69) is 52.4 Å². The van der Waals surface area contributed by atoms with Crippen molar-refractivity contribution in [2.75, 3.05) is 50.8 Å². The van der Waals surface area contributed by atoms with Crippen LogP contribution >= 0.6 is 0 Å². The van der Waals surface area contributed by atoms with Crippen LogP contribution in [0.15, 0.2) is 42.5 Å². The summed E-state index contributed by atoms with van der Waals surface area (Å²) in [5.74, 6) is -0.111. The summed E-state index contributed by atoms with van der Waals surface area (Å²) < 4.78 is 20.2. The first-order valence-corrected chi connectivity index (χ1v) is 10.8. The zero-order valence-electron chi connectivity index (χ0n) is 17.4. The van der Waals surface area contributed by atoms with Crippen LogP contribution in [-0.4, -0.2) is 50.8 Å². The molecule has 1 N–H and O–H groups in total. The molecule has 0 radical (unpaired) electrons. The number of ether oxygens (including phenoxy) is 1.